The zero-order valence-corrected chi connectivity index (χ0v) is 32.0. The minimum Gasteiger partial charge on any atom is -0.495 e. The van der Waals surface area contributed by atoms with Crippen LogP contribution in [0.25, 0.3) is 64.6 Å². The maximum atomic E-state index is 13.9. The topological polar surface area (TPSA) is 98.7 Å². The zero-order valence-electron chi connectivity index (χ0n) is 32.0. The Labute approximate surface area is 331 Å². The van der Waals surface area contributed by atoms with Crippen LogP contribution in [0.1, 0.15) is 38.5 Å². The van der Waals surface area contributed by atoms with Crippen LogP contribution in [0.2, 0.25) is 0 Å². The molecule has 57 heavy (non-hydrogen) atoms. The van der Waals surface area contributed by atoms with Crippen LogP contribution in [0, 0.1) is 0 Å². The molecule has 1 heterocycles. The molecule has 2 atom stereocenters. The maximum absolute atomic E-state index is 13.9. The maximum Gasteiger partial charge on any atom is 0.261 e. The molecule has 0 saturated carbocycles. The van der Waals surface area contributed by atoms with Gasteiger partial charge < -0.3 is 29.6 Å². The first kappa shape index (κ1) is 36.8. The summed E-state index contributed by atoms with van der Waals surface area (Å²) in [6.45, 7) is 6.18. The molecule has 2 amide bonds. The summed E-state index contributed by atoms with van der Waals surface area (Å²) < 4.78 is 23.2. The lowest BCUT2D eigenvalue weighted by atomic mass is 9.93. The van der Waals surface area contributed by atoms with Gasteiger partial charge in [-0.3, -0.25) is 9.59 Å². The molecule has 1 saturated heterocycles. The van der Waals surface area contributed by atoms with E-state index in [0.717, 1.165) is 82.2 Å². The lowest BCUT2D eigenvalue weighted by Gasteiger charge is -2.22. The van der Waals surface area contributed by atoms with E-state index in [-0.39, 0.29) is 18.4 Å². The Balaban J connectivity index is 0.832. The molecule has 3 N–H and O–H groups in total. The number of ether oxygens (including phenoxy) is 4. The van der Waals surface area contributed by atoms with Crippen LogP contribution in [-0.4, -0.2) is 61.8 Å². The molecule has 288 valence electrons. The number of hydrogen-bond acceptors (Lipinski definition) is 5. The summed E-state index contributed by atoms with van der Waals surface area (Å²) in [4.78, 5) is 27.6. The van der Waals surface area contributed by atoms with Gasteiger partial charge in [0.1, 0.15) is 12.4 Å². The fourth-order valence-electron chi connectivity index (χ4n) is 8.42. The number of carbonyl (C=O) groups is 2. The normalized spacial score (nSPS) is 18.6. The van der Waals surface area contributed by atoms with Crippen molar-refractivity contribution in [1.82, 2.24) is 0 Å². The monoisotopic (exact) mass is 759 g/mol. The molecule has 8 nitrogen and oxygen atoms in total. The molecule has 8 aromatic carbocycles. The van der Waals surface area contributed by atoms with Gasteiger partial charge >= 0.3 is 0 Å². The largest absolute Gasteiger partial charge is 0.495 e. The minimum absolute atomic E-state index is 0.192. The van der Waals surface area contributed by atoms with E-state index in [9.17, 15) is 9.59 Å². The smallest absolute Gasteiger partial charge is 0.261 e. The van der Waals surface area contributed by atoms with Crippen molar-refractivity contribution >= 4 is 87.8 Å². The Kier molecular flexibility index (Phi) is 10.6. The molecule has 0 radical (unpaired) electrons. The molecule has 1 fully saturated rings. The van der Waals surface area contributed by atoms with Crippen LogP contribution >= 0.6 is 0 Å². The number of benzene rings is 8. The van der Waals surface area contributed by atoms with E-state index in [4.69, 9.17) is 18.9 Å². The van der Waals surface area contributed by atoms with Crippen molar-refractivity contribution in [3.63, 3.8) is 0 Å². The first-order valence-corrected chi connectivity index (χ1v) is 20.2. The minimum atomic E-state index is -0.955. The Bertz CT molecular complexity index is 2690. The number of nitrogens with one attached hydrogen (secondary N) is 2. The van der Waals surface area contributed by atoms with Gasteiger partial charge in [-0.25, -0.2) is 0 Å². The molecule has 8 heteroatoms. The van der Waals surface area contributed by atoms with Gasteiger partial charge in [0.05, 0.1) is 6.61 Å². The summed E-state index contributed by atoms with van der Waals surface area (Å²) in [5, 5.41) is 20.0. The quantitative estimate of drug-likeness (QED) is 0.138. The first-order chi connectivity index (χ1) is 28.0. The predicted molar refractivity (Wildman–Crippen MR) is 232 cm³/mol. The van der Waals surface area contributed by atoms with E-state index < -0.39 is 12.2 Å². The SMILES string of the molecule is C=C1OCCCCCOC(C(=O)Nc2ccc3ccc4cccc5ccc2c3c45)C[OH+]CCCCCOC1C(=O)Nc1ccc2ccc3cccc4ccc1c2c34. The summed E-state index contributed by atoms with van der Waals surface area (Å²) in [7, 11) is 0. The van der Waals surface area contributed by atoms with Crippen molar-refractivity contribution in [3.05, 3.63) is 122 Å². The van der Waals surface area contributed by atoms with Crippen LogP contribution in [0.3, 0.4) is 0 Å². The average molecular weight is 760 g/mol. The third-order valence-electron chi connectivity index (χ3n) is 11.3. The van der Waals surface area contributed by atoms with E-state index in [1.54, 1.807) is 0 Å². The van der Waals surface area contributed by atoms with Crippen molar-refractivity contribution in [2.24, 2.45) is 0 Å². The van der Waals surface area contributed by atoms with E-state index in [0.29, 0.717) is 32.2 Å². The first-order valence-electron chi connectivity index (χ1n) is 20.2. The lowest BCUT2D eigenvalue weighted by molar-refractivity contribution is -0.144. The third kappa shape index (κ3) is 7.44. The average Bonchev–Trinajstić information content (AvgIpc) is 3.23. The standard InChI is InChI=1S/C49H46N2O6/c1-31-47(49(53)51-41-25-21-37-17-15-33-11-9-13-35-19-23-39(41)46(37)44(33)35)57-29-7-2-4-26-54-30-42(56-28-6-3-5-27-55-31)48(52)50-40-24-20-36-16-14-32-10-8-12-34-18-22-38(40)45(36)43(32)34/h8-25,42,47H,1-7,26-30H2,(H,50,52)(H,51,53)/p+1. The molecular weight excluding hydrogens is 713 g/mol. The number of amides is 2. The molecule has 8 aromatic rings. The number of aliphatic hydroxyl groups is 2. The number of hydrogen-bond donors (Lipinski definition) is 2. The number of rotatable bonds is 4. The lowest BCUT2D eigenvalue weighted by Crippen LogP contribution is -2.36. The van der Waals surface area contributed by atoms with Gasteiger partial charge in [0.2, 0.25) is 6.10 Å². The van der Waals surface area contributed by atoms with Crippen molar-refractivity contribution in [2.75, 3.05) is 43.7 Å². The van der Waals surface area contributed by atoms with Crippen molar-refractivity contribution in [3.8, 4) is 0 Å². The van der Waals surface area contributed by atoms with Gasteiger partial charge in [-0.1, -0.05) is 104 Å². The summed E-state index contributed by atoms with van der Waals surface area (Å²) in [5.41, 5.74) is 1.50. The van der Waals surface area contributed by atoms with Gasteiger partial charge in [-0.15, -0.1) is 0 Å². The second-order valence-electron chi connectivity index (χ2n) is 15.1. The third-order valence-corrected chi connectivity index (χ3v) is 11.3. The van der Waals surface area contributed by atoms with E-state index >= 15 is 0 Å². The van der Waals surface area contributed by atoms with Crippen molar-refractivity contribution < 1.29 is 28.5 Å². The fraction of sp³-hybridized carbons (Fsp3) is 0.265. The Hall–Kier alpha value is -5.80. The van der Waals surface area contributed by atoms with E-state index in [1.165, 1.54) is 32.3 Å². The second kappa shape index (κ2) is 16.4. The highest BCUT2D eigenvalue weighted by atomic mass is 16.5. The van der Waals surface area contributed by atoms with Gasteiger partial charge in [0, 0.05) is 41.8 Å². The Morgan fingerprint density at radius 1 is 0.526 bits per heavy atom. The van der Waals surface area contributed by atoms with Gasteiger partial charge in [0.15, 0.2) is 12.7 Å². The molecule has 1 aliphatic heterocycles. The highest BCUT2D eigenvalue weighted by Gasteiger charge is 2.27. The van der Waals surface area contributed by atoms with Gasteiger partial charge in [-0.05, 0) is 98.1 Å². The fourth-order valence-corrected chi connectivity index (χ4v) is 8.42. The van der Waals surface area contributed by atoms with Crippen LogP contribution in [0.5, 0.6) is 0 Å². The molecule has 0 bridgehead atoms. The van der Waals surface area contributed by atoms with Gasteiger partial charge in [-0.2, -0.15) is 0 Å². The van der Waals surface area contributed by atoms with Crippen LogP contribution in [0.4, 0.5) is 11.4 Å². The summed E-state index contributed by atoms with van der Waals surface area (Å²) >= 11 is 0. The van der Waals surface area contributed by atoms with Crippen molar-refractivity contribution in [1.29, 1.82) is 0 Å². The van der Waals surface area contributed by atoms with Crippen LogP contribution < -0.4 is 10.6 Å². The second-order valence-corrected chi connectivity index (χ2v) is 15.1. The van der Waals surface area contributed by atoms with Crippen LogP contribution in [0.15, 0.2) is 122 Å². The molecule has 0 spiro atoms. The molecule has 0 aliphatic carbocycles. The number of anilines is 2. The Morgan fingerprint density at radius 3 is 1.60 bits per heavy atom. The van der Waals surface area contributed by atoms with Gasteiger partial charge in [0.25, 0.3) is 11.8 Å². The molecule has 0 aromatic heterocycles. The highest BCUT2D eigenvalue weighted by Crippen LogP contribution is 2.39. The summed E-state index contributed by atoms with van der Waals surface area (Å²) in [6, 6.07) is 37.7. The predicted octanol–water partition coefficient (Wildman–Crippen LogP) is 10.2. The van der Waals surface area contributed by atoms with E-state index in [2.05, 4.69) is 114 Å². The highest BCUT2D eigenvalue weighted by molar-refractivity contribution is 6.27. The molecular formula is C49H47N2O6+. The van der Waals surface area contributed by atoms with Crippen LogP contribution in [-0.2, 0) is 23.8 Å². The summed E-state index contributed by atoms with van der Waals surface area (Å²) in [5.74, 6) is -0.206. The molecule has 9 rings (SSSR count). The Morgan fingerprint density at radius 2 is 1.00 bits per heavy atom. The summed E-state index contributed by atoms with van der Waals surface area (Å²) in [6.07, 6.45) is 3.04. The molecule has 1 aliphatic rings. The zero-order chi connectivity index (χ0) is 38.7. The van der Waals surface area contributed by atoms with Crippen molar-refractivity contribution in [2.45, 2.75) is 50.7 Å². The number of carbonyl (C=O) groups excluding carboxylic acids is 2. The molecule has 2 unspecified atom stereocenters. The van der Waals surface area contributed by atoms with E-state index in [1.807, 2.05) is 12.1 Å².